The summed E-state index contributed by atoms with van der Waals surface area (Å²) in [5.74, 6) is 7.52. The summed E-state index contributed by atoms with van der Waals surface area (Å²) < 4.78 is 7.32. The molecule has 1 fully saturated rings. The molecule has 1 aliphatic heterocycles. The van der Waals surface area contributed by atoms with Crippen LogP contribution < -0.4 is 4.74 Å². The number of nitrogens with zero attached hydrogens (tertiary/aromatic N) is 4. The van der Waals surface area contributed by atoms with E-state index in [1.165, 1.54) is 5.56 Å². The Morgan fingerprint density at radius 3 is 2.91 bits per heavy atom. The van der Waals surface area contributed by atoms with Gasteiger partial charge in [0.2, 0.25) is 0 Å². The number of rotatable bonds is 9. The van der Waals surface area contributed by atoms with E-state index < -0.39 is 5.97 Å². The van der Waals surface area contributed by atoms with E-state index in [4.69, 9.17) is 4.74 Å². The van der Waals surface area contributed by atoms with Gasteiger partial charge in [0.15, 0.2) is 0 Å². The third-order valence-corrected chi connectivity index (χ3v) is 7.10. The first-order chi connectivity index (χ1) is 17.0. The highest BCUT2D eigenvalue weighted by Gasteiger charge is 2.29. The van der Waals surface area contributed by atoms with Crippen LogP contribution in [0.5, 0.6) is 5.75 Å². The highest BCUT2D eigenvalue weighted by Crippen LogP contribution is 2.32. The molecule has 1 saturated heterocycles. The molecule has 184 valence electrons. The molecule has 2 atom stereocenters. The molecule has 4 rings (SSSR count). The van der Waals surface area contributed by atoms with Crippen molar-refractivity contribution in [3.05, 3.63) is 54.2 Å². The Kier molecular flexibility index (Phi) is 8.38. The zero-order valence-corrected chi connectivity index (χ0v) is 20.6. The fourth-order valence-corrected chi connectivity index (χ4v) is 5.12. The lowest BCUT2D eigenvalue weighted by molar-refractivity contribution is -0.137. The minimum Gasteiger partial charge on any atom is -0.497 e. The molecular weight excluding hydrogens is 440 g/mol. The van der Waals surface area contributed by atoms with Gasteiger partial charge in [-0.05, 0) is 86.2 Å². The van der Waals surface area contributed by atoms with E-state index in [9.17, 15) is 9.90 Å². The molecular formula is C28H34N4O3. The SMILES string of the molecule is COc1ccc2nccc(CCCC3CCN(CC#Cc4cncn4C)CC3CCC(=O)O)c2c1. The summed E-state index contributed by atoms with van der Waals surface area (Å²) in [5, 5.41) is 10.4. The number of aliphatic carboxylic acids is 1. The fourth-order valence-electron chi connectivity index (χ4n) is 5.12. The van der Waals surface area contributed by atoms with Crippen LogP contribution in [-0.2, 0) is 18.3 Å². The van der Waals surface area contributed by atoms with Gasteiger partial charge in [-0.25, -0.2) is 4.98 Å². The first kappa shape index (κ1) is 24.7. The second-order valence-electron chi connectivity index (χ2n) is 9.41. The summed E-state index contributed by atoms with van der Waals surface area (Å²) in [6.45, 7) is 2.61. The van der Waals surface area contributed by atoms with Crippen molar-refractivity contribution in [3.63, 3.8) is 0 Å². The Morgan fingerprint density at radius 1 is 1.26 bits per heavy atom. The predicted molar refractivity (Wildman–Crippen MR) is 136 cm³/mol. The van der Waals surface area contributed by atoms with Crippen LogP contribution in [0.1, 0.15) is 43.4 Å². The zero-order chi connectivity index (χ0) is 24.6. The number of hydrogen-bond donors (Lipinski definition) is 1. The predicted octanol–water partition coefficient (Wildman–Crippen LogP) is 4.15. The van der Waals surface area contributed by atoms with Crippen molar-refractivity contribution < 1.29 is 14.6 Å². The number of fused-ring (bicyclic) bond motifs is 1. The molecule has 0 saturated carbocycles. The van der Waals surface area contributed by atoms with Crippen molar-refractivity contribution in [1.29, 1.82) is 0 Å². The maximum atomic E-state index is 11.3. The minimum atomic E-state index is -0.714. The highest BCUT2D eigenvalue weighted by atomic mass is 16.5. The summed E-state index contributed by atoms with van der Waals surface area (Å²) in [5.41, 5.74) is 3.19. The van der Waals surface area contributed by atoms with Gasteiger partial charge in [-0.3, -0.25) is 14.7 Å². The average Bonchev–Trinajstić information content (AvgIpc) is 3.28. The number of benzene rings is 1. The summed E-state index contributed by atoms with van der Waals surface area (Å²) in [6, 6.07) is 8.12. The standard InChI is InChI=1S/C28H34N4O3/c1-31-20-29-18-24(31)7-4-15-32-16-13-21(23(19-32)8-11-28(33)34)5-3-6-22-12-14-30-27-10-9-25(35-2)17-26(22)27/h9-10,12,14,17-18,20-21,23H,3,5-6,8,11,13,15-16,19H2,1-2H3,(H,33,34). The number of piperidine rings is 1. The van der Waals surface area contributed by atoms with E-state index in [0.29, 0.717) is 18.4 Å². The number of carbonyl (C=O) groups is 1. The van der Waals surface area contributed by atoms with Crippen molar-refractivity contribution in [2.24, 2.45) is 18.9 Å². The van der Waals surface area contributed by atoms with Crippen LogP contribution in [-0.4, -0.2) is 57.3 Å². The molecule has 1 aliphatic rings. The third-order valence-electron chi connectivity index (χ3n) is 7.10. The van der Waals surface area contributed by atoms with Gasteiger partial charge in [0.1, 0.15) is 11.4 Å². The lowest BCUT2D eigenvalue weighted by atomic mass is 9.79. The first-order valence-electron chi connectivity index (χ1n) is 12.3. The second-order valence-corrected chi connectivity index (χ2v) is 9.41. The second kappa shape index (κ2) is 11.9. The molecule has 0 aliphatic carbocycles. The van der Waals surface area contributed by atoms with Gasteiger partial charge in [0, 0.05) is 31.6 Å². The first-order valence-corrected chi connectivity index (χ1v) is 12.3. The molecule has 7 nitrogen and oxygen atoms in total. The Hall–Kier alpha value is -3.37. The van der Waals surface area contributed by atoms with Gasteiger partial charge < -0.3 is 14.4 Å². The van der Waals surface area contributed by atoms with Crippen molar-refractivity contribution in [2.75, 3.05) is 26.7 Å². The maximum absolute atomic E-state index is 11.3. The van der Waals surface area contributed by atoms with E-state index in [-0.39, 0.29) is 6.42 Å². The largest absolute Gasteiger partial charge is 0.497 e. The monoisotopic (exact) mass is 474 g/mol. The molecule has 7 heteroatoms. The van der Waals surface area contributed by atoms with Gasteiger partial charge in [0.05, 0.1) is 31.7 Å². The molecule has 1 aromatic carbocycles. The number of carboxylic acids is 1. The van der Waals surface area contributed by atoms with Crippen LogP contribution >= 0.6 is 0 Å². The number of aromatic nitrogens is 3. The average molecular weight is 475 g/mol. The van der Waals surface area contributed by atoms with E-state index in [2.05, 4.69) is 38.8 Å². The number of ether oxygens (including phenoxy) is 1. The topological polar surface area (TPSA) is 80.5 Å². The number of carboxylic acid groups (broad SMARTS) is 1. The Morgan fingerprint density at radius 2 is 2.14 bits per heavy atom. The van der Waals surface area contributed by atoms with Crippen LogP contribution in [0.25, 0.3) is 10.9 Å². The summed E-state index contributed by atoms with van der Waals surface area (Å²) in [6.07, 6.45) is 10.6. The number of aryl methyl sites for hydroxylation is 2. The van der Waals surface area contributed by atoms with Gasteiger partial charge in [-0.1, -0.05) is 5.92 Å². The van der Waals surface area contributed by atoms with Crippen LogP contribution in [0.2, 0.25) is 0 Å². The lowest BCUT2D eigenvalue weighted by Gasteiger charge is -2.38. The Bertz CT molecular complexity index is 1210. The normalized spacial score (nSPS) is 18.2. The van der Waals surface area contributed by atoms with Crippen molar-refractivity contribution in [2.45, 2.75) is 38.5 Å². The van der Waals surface area contributed by atoms with Crippen molar-refractivity contribution in [3.8, 4) is 17.6 Å². The molecule has 3 aromatic rings. The molecule has 2 aromatic heterocycles. The summed E-state index contributed by atoms with van der Waals surface area (Å²) >= 11 is 0. The zero-order valence-electron chi connectivity index (χ0n) is 20.6. The van der Waals surface area contributed by atoms with Crippen LogP contribution in [0.4, 0.5) is 0 Å². The maximum Gasteiger partial charge on any atom is 0.303 e. The lowest BCUT2D eigenvalue weighted by Crippen LogP contribution is -2.41. The molecule has 0 amide bonds. The number of methoxy groups -OCH3 is 1. The van der Waals surface area contributed by atoms with Gasteiger partial charge >= 0.3 is 5.97 Å². The van der Waals surface area contributed by atoms with Crippen LogP contribution in [0.15, 0.2) is 43.0 Å². The molecule has 2 unspecified atom stereocenters. The van der Waals surface area contributed by atoms with E-state index >= 15 is 0 Å². The summed E-state index contributed by atoms with van der Waals surface area (Å²) in [7, 11) is 3.63. The van der Waals surface area contributed by atoms with Crippen molar-refractivity contribution >= 4 is 16.9 Å². The van der Waals surface area contributed by atoms with Gasteiger partial charge in [-0.15, -0.1) is 0 Å². The molecule has 0 spiro atoms. The highest BCUT2D eigenvalue weighted by molar-refractivity contribution is 5.83. The minimum absolute atomic E-state index is 0.227. The quantitative estimate of drug-likeness (QED) is 0.469. The van der Waals surface area contributed by atoms with Crippen molar-refractivity contribution in [1.82, 2.24) is 19.4 Å². The number of pyridine rings is 1. The Balaban J connectivity index is 1.36. The number of imidazole rings is 1. The van der Waals surface area contributed by atoms with Gasteiger partial charge in [0.25, 0.3) is 0 Å². The molecule has 0 bridgehead atoms. The molecule has 0 radical (unpaired) electrons. The number of hydrogen-bond acceptors (Lipinski definition) is 5. The van der Waals surface area contributed by atoms with E-state index in [1.54, 1.807) is 19.6 Å². The third kappa shape index (κ3) is 6.61. The Labute approximate surface area is 207 Å². The molecule has 1 N–H and O–H groups in total. The molecule has 3 heterocycles. The fraction of sp³-hybridized carbons (Fsp3) is 0.464. The van der Waals surface area contributed by atoms with Crippen LogP contribution in [0, 0.1) is 23.7 Å². The van der Waals surface area contributed by atoms with Crippen LogP contribution in [0.3, 0.4) is 0 Å². The summed E-state index contributed by atoms with van der Waals surface area (Å²) in [4.78, 5) is 22.2. The number of likely N-dealkylation sites (tertiary alicyclic amines) is 1. The smallest absolute Gasteiger partial charge is 0.303 e. The van der Waals surface area contributed by atoms with E-state index in [1.807, 2.05) is 29.9 Å². The molecule has 35 heavy (non-hydrogen) atoms. The van der Waals surface area contributed by atoms with E-state index in [0.717, 1.165) is 67.5 Å². The van der Waals surface area contributed by atoms with Gasteiger partial charge in [-0.2, -0.15) is 0 Å².